The summed E-state index contributed by atoms with van der Waals surface area (Å²) in [5.41, 5.74) is 3.70. The van der Waals surface area contributed by atoms with Crippen LogP contribution >= 0.6 is 0 Å². The summed E-state index contributed by atoms with van der Waals surface area (Å²) < 4.78 is 11.2. The van der Waals surface area contributed by atoms with Gasteiger partial charge in [0.1, 0.15) is 13.2 Å². The van der Waals surface area contributed by atoms with Crippen molar-refractivity contribution in [1.82, 2.24) is 4.90 Å². The molecule has 1 amide bonds. The van der Waals surface area contributed by atoms with Gasteiger partial charge in [-0.15, -0.1) is 0 Å². The van der Waals surface area contributed by atoms with Crippen LogP contribution in [-0.2, 0) is 4.79 Å². The molecule has 1 saturated heterocycles. The van der Waals surface area contributed by atoms with E-state index in [-0.39, 0.29) is 23.7 Å². The molecule has 31 heavy (non-hydrogen) atoms. The highest BCUT2D eigenvalue weighted by atomic mass is 16.6. The zero-order valence-corrected chi connectivity index (χ0v) is 18.4. The fraction of sp³-hybridized carbons (Fsp3) is 0.440. The van der Waals surface area contributed by atoms with Gasteiger partial charge in [-0.3, -0.25) is 14.5 Å². The quantitative estimate of drug-likeness (QED) is 0.738. The molecule has 2 aliphatic heterocycles. The summed E-state index contributed by atoms with van der Waals surface area (Å²) in [6.07, 6.45) is 1.49. The van der Waals surface area contributed by atoms with Crippen molar-refractivity contribution in [3.8, 4) is 11.5 Å². The molecule has 164 valence electrons. The summed E-state index contributed by atoms with van der Waals surface area (Å²) in [7, 11) is 0. The topological polar surface area (TPSA) is 67.9 Å². The number of nitrogens with zero attached hydrogens (tertiary/aromatic N) is 1. The maximum Gasteiger partial charge on any atom is 0.241 e. The minimum absolute atomic E-state index is 0.00897. The molecule has 1 N–H and O–H groups in total. The van der Waals surface area contributed by atoms with Crippen molar-refractivity contribution in [2.24, 2.45) is 5.92 Å². The van der Waals surface area contributed by atoms with E-state index in [4.69, 9.17) is 9.47 Å². The van der Waals surface area contributed by atoms with Crippen LogP contribution in [0.5, 0.6) is 11.5 Å². The second-order valence-electron chi connectivity index (χ2n) is 8.52. The number of hydrogen-bond acceptors (Lipinski definition) is 5. The van der Waals surface area contributed by atoms with Gasteiger partial charge in [-0.05, 0) is 82.1 Å². The molecule has 0 radical (unpaired) electrons. The van der Waals surface area contributed by atoms with Crippen LogP contribution in [0.25, 0.3) is 0 Å². The lowest BCUT2D eigenvalue weighted by Crippen LogP contribution is -2.47. The Morgan fingerprint density at radius 1 is 1.00 bits per heavy atom. The van der Waals surface area contributed by atoms with Gasteiger partial charge in [0.2, 0.25) is 5.91 Å². The molecule has 1 atom stereocenters. The highest BCUT2D eigenvalue weighted by molar-refractivity contribution is 5.98. The Hall–Kier alpha value is -2.86. The second kappa shape index (κ2) is 9.10. The van der Waals surface area contributed by atoms with Crippen molar-refractivity contribution in [2.45, 2.75) is 39.7 Å². The van der Waals surface area contributed by atoms with Crippen LogP contribution in [0.3, 0.4) is 0 Å². The number of amides is 1. The average molecular weight is 423 g/mol. The smallest absolute Gasteiger partial charge is 0.241 e. The van der Waals surface area contributed by atoms with Gasteiger partial charge >= 0.3 is 0 Å². The summed E-state index contributed by atoms with van der Waals surface area (Å²) in [5.74, 6) is 1.44. The van der Waals surface area contributed by atoms with Crippen molar-refractivity contribution in [3.05, 3.63) is 53.1 Å². The van der Waals surface area contributed by atoms with E-state index in [0.717, 1.165) is 42.7 Å². The maximum atomic E-state index is 13.0. The Morgan fingerprint density at radius 3 is 2.45 bits per heavy atom. The number of likely N-dealkylation sites (tertiary alicyclic amines) is 1. The lowest BCUT2D eigenvalue weighted by molar-refractivity contribution is -0.121. The molecule has 2 aromatic rings. The average Bonchev–Trinajstić information content (AvgIpc) is 2.80. The van der Waals surface area contributed by atoms with Crippen molar-refractivity contribution in [3.63, 3.8) is 0 Å². The number of rotatable bonds is 5. The zero-order valence-electron chi connectivity index (χ0n) is 18.4. The van der Waals surface area contributed by atoms with Gasteiger partial charge in [0.15, 0.2) is 17.3 Å². The summed E-state index contributed by atoms with van der Waals surface area (Å²) >= 11 is 0. The predicted molar refractivity (Wildman–Crippen MR) is 120 cm³/mol. The van der Waals surface area contributed by atoms with Crippen molar-refractivity contribution in [2.75, 3.05) is 31.6 Å². The van der Waals surface area contributed by atoms with Crippen molar-refractivity contribution >= 4 is 17.4 Å². The minimum atomic E-state index is -0.245. The van der Waals surface area contributed by atoms with E-state index in [1.165, 1.54) is 0 Å². The Morgan fingerprint density at radius 2 is 1.71 bits per heavy atom. The van der Waals surface area contributed by atoms with Gasteiger partial charge in [-0.25, -0.2) is 0 Å². The Kier molecular flexibility index (Phi) is 6.28. The third kappa shape index (κ3) is 4.74. The molecule has 0 unspecified atom stereocenters. The monoisotopic (exact) mass is 422 g/mol. The van der Waals surface area contributed by atoms with Gasteiger partial charge in [0, 0.05) is 17.2 Å². The third-order valence-corrected chi connectivity index (χ3v) is 6.31. The molecule has 1 fully saturated rings. The molecule has 2 aliphatic rings. The number of benzene rings is 2. The first kappa shape index (κ1) is 21.4. The number of fused-ring (bicyclic) bond motifs is 1. The van der Waals surface area contributed by atoms with E-state index in [0.29, 0.717) is 30.3 Å². The van der Waals surface area contributed by atoms with Crippen LogP contribution < -0.4 is 14.8 Å². The maximum absolute atomic E-state index is 13.0. The molecular formula is C25H30N2O4. The standard InChI is InChI=1S/C25H30N2O4/c1-16-4-5-17(2)21(14-16)26-25(29)18(3)27-10-8-19(9-11-27)24(28)20-6-7-22-23(15-20)31-13-12-30-22/h4-7,14-15,18-19H,8-13H2,1-3H3,(H,26,29)/t18-/m1/s1. The number of piperidine rings is 1. The van der Waals surface area contributed by atoms with Gasteiger partial charge in [0.25, 0.3) is 0 Å². The van der Waals surface area contributed by atoms with E-state index in [1.54, 1.807) is 6.07 Å². The van der Waals surface area contributed by atoms with Gasteiger partial charge in [-0.2, -0.15) is 0 Å². The summed E-state index contributed by atoms with van der Waals surface area (Å²) in [4.78, 5) is 28.0. The molecule has 4 rings (SSSR count). The molecular weight excluding hydrogens is 392 g/mol. The molecule has 0 aromatic heterocycles. The first-order valence-corrected chi connectivity index (χ1v) is 11.0. The van der Waals surface area contributed by atoms with E-state index >= 15 is 0 Å². The van der Waals surface area contributed by atoms with Crippen LogP contribution in [0.1, 0.15) is 41.3 Å². The molecule has 2 heterocycles. The number of anilines is 1. The molecule has 0 aliphatic carbocycles. The van der Waals surface area contributed by atoms with Crippen molar-refractivity contribution in [1.29, 1.82) is 0 Å². The molecule has 6 heteroatoms. The summed E-state index contributed by atoms with van der Waals surface area (Å²) in [5, 5.41) is 3.06. The lowest BCUT2D eigenvalue weighted by Gasteiger charge is -2.35. The van der Waals surface area contributed by atoms with Gasteiger partial charge in [-0.1, -0.05) is 12.1 Å². The van der Waals surface area contributed by atoms with Crippen LogP contribution in [0.4, 0.5) is 5.69 Å². The van der Waals surface area contributed by atoms with Crippen LogP contribution in [0, 0.1) is 19.8 Å². The highest BCUT2D eigenvalue weighted by Crippen LogP contribution is 2.32. The van der Waals surface area contributed by atoms with Crippen LogP contribution in [-0.4, -0.2) is 48.9 Å². The fourth-order valence-corrected chi connectivity index (χ4v) is 4.25. The summed E-state index contributed by atoms with van der Waals surface area (Å²) in [6, 6.07) is 11.2. The van der Waals surface area contributed by atoms with Crippen molar-refractivity contribution < 1.29 is 19.1 Å². The predicted octanol–water partition coefficient (Wildman–Crippen LogP) is 4.00. The van der Waals surface area contributed by atoms with Gasteiger partial charge in [0.05, 0.1) is 6.04 Å². The minimum Gasteiger partial charge on any atom is -0.486 e. The lowest BCUT2D eigenvalue weighted by atomic mass is 9.88. The number of carbonyl (C=O) groups excluding carboxylic acids is 2. The Bertz CT molecular complexity index is 979. The molecule has 0 spiro atoms. The number of nitrogens with one attached hydrogen (secondary N) is 1. The molecule has 0 bridgehead atoms. The van der Waals surface area contributed by atoms with E-state index in [9.17, 15) is 9.59 Å². The molecule has 2 aromatic carbocycles. The van der Waals surface area contributed by atoms with Crippen LogP contribution in [0.15, 0.2) is 36.4 Å². The second-order valence-corrected chi connectivity index (χ2v) is 8.52. The number of ketones is 1. The Labute approximate surface area is 183 Å². The fourth-order valence-electron chi connectivity index (χ4n) is 4.25. The first-order chi connectivity index (χ1) is 14.9. The highest BCUT2D eigenvalue weighted by Gasteiger charge is 2.31. The van der Waals surface area contributed by atoms with E-state index in [2.05, 4.69) is 10.2 Å². The molecule has 6 nitrogen and oxygen atoms in total. The number of Topliss-reactive ketones (excluding diaryl/α,β-unsaturated/α-hetero) is 1. The number of aryl methyl sites for hydroxylation is 2. The normalized spacial score (nSPS) is 17.8. The zero-order chi connectivity index (χ0) is 22.0. The number of carbonyl (C=O) groups is 2. The van der Waals surface area contributed by atoms with Crippen LogP contribution in [0.2, 0.25) is 0 Å². The largest absolute Gasteiger partial charge is 0.486 e. The third-order valence-electron chi connectivity index (χ3n) is 6.31. The Balaban J connectivity index is 1.34. The molecule has 0 saturated carbocycles. The first-order valence-electron chi connectivity index (χ1n) is 11.0. The van der Waals surface area contributed by atoms with E-state index in [1.807, 2.05) is 51.1 Å². The number of hydrogen-bond donors (Lipinski definition) is 1. The SMILES string of the molecule is Cc1ccc(C)c(NC(=O)[C@@H](C)N2CCC(C(=O)c3ccc4c(c3)OCCO4)CC2)c1. The van der Waals surface area contributed by atoms with E-state index < -0.39 is 0 Å². The van der Waals surface area contributed by atoms with Gasteiger partial charge < -0.3 is 14.8 Å². The number of ether oxygens (including phenoxy) is 2. The summed E-state index contributed by atoms with van der Waals surface area (Å²) in [6.45, 7) is 8.43.